The van der Waals surface area contributed by atoms with Gasteiger partial charge in [-0.1, -0.05) is 0 Å². The van der Waals surface area contributed by atoms with Gasteiger partial charge in [0.2, 0.25) is 0 Å². The van der Waals surface area contributed by atoms with Crippen LogP contribution in [0, 0.1) is 0 Å². The fourth-order valence-corrected chi connectivity index (χ4v) is 1.10. The Labute approximate surface area is 55.7 Å². The van der Waals surface area contributed by atoms with Gasteiger partial charge in [0.25, 0.3) is 0 Å². The fraction of sp³-hybridized carbons (Fsp3) is 0.571. The predicted molar refractivity (Wildman–Crippen MR) is 39.7 cm³/mol. The van der Waals surface area contributed by atoms with E-state index in [9.17, 15) is 0 Å². The highest BCUT2D eigenvalue weighted by Gasteiger charge is 2.09. The molecule has 50 valence electrons. The van der Waals surface area contributed by atoms with Crippen LogP contribution >= 0.6 is 0 Å². The lowest BCUT2D eigenvalue weighted by atomic mass is 10.2. The third-order valence-corrected chi connectivity index (χ3v) is 1.59. The summed E-state index contributed by atoms with van der Waals surface area (Å²) in [4.78, 5) is 4.25. The van der Waals surface area contributed by atoms with E-state index in [1.165, 1.54) is 11.3 Å². The Kier molecular flexibility index (Phi) is 1.56. The average Bonchev–Trinajstić information content (AvgIpc) is 2.12. The molecule has 0 saturated heterocycles. The summed E-state index contributed by atoms with van der Waals surface area (Å²) >= 11 is 0. The SMILES string of the molecule is CNC1=C(C)CN=C1C. The number of allylic oxidation sites excluding steroid dienone is 1. The molecule has 1 rings (SSSR count). The molecule has 0 saturated carbocycles. The Morgan fingerprint density at radius 2 is 2.11 bits per heavy atom. The fourth-order valence-electron chi connectivity index (χ4n) is 1.10. The second kappa shape index (κ2) is 2.21. The zero-order valence-corrected chi connectivity index (χ0v) is 6.15. The molecule has 1 aliphatic heterocycles. The summed E-state index contributed by atoms with van der Waals surface area (Å²) in [6, 6.07) is 0. The van der Waals surface area contributed by atoms with E-state index in [0.29, 0.717) is 0 Å². The van der Waals surface area contributed by atoms with Crippen LogP contribution in [0.15, 0.2) is 16.3 Å². The summed E-state index contributed by atoms with van der Waals surface area (Å²) in [6.45, 7) is 5.01. The zero-order chi connectivity index (χ0) is 6.85. The van der Waals surface area contributed by atoms with E-state index in [2.05, 4.69) is 17.2 Å². The van der Waals surface area contributed by atoms with Gasteiger partial charge in [-0.2, -0.15) is 0 Å². The molecule has 0 aliphatic carbocycles. The van der Waals surface area contributed by atoms with Crippen LogP contribution in [0.25, 0.3) is 0 Å². The number of nitrogens with zero attached hydrogens (tertiary/aromatic N) is 1. The molecule has 0 bridgehead atoms. The second-order valence-electron chi connectivity index (χ2n) is 2.31. The Hall–Kier alpha value is -0.790. The second-order valence-corrected chi connectivity index (χ2v) is 2.31. The number of aliphatic imine (C=N–C) groups is 1. The summed E-state index contributed by atoms with van der Waals surface area (Å²) in [5.74, 6) is 0. The third kappa shape index (κ3) is 0.969. The van der Waals surface area contributed by atoms with E-state index in [1.54, 1.807) is 0 Å². The van der Waals surface area contributed by atoms with Crippen molar-refractivity contribution in [1.29, 1.82) is 0 Å². The van der Waals surface area contributed by atoms with Gasteiger partial charge in [-0.25, -0.2) is 0 Å². The van der Waals surface area contributed by atoms with Crippen LogP contribution < -0.4 is 5.32 Å². The number of hydrogen-bond acceptors (Lipinski definition) is 2. The Bertz CT molecular complexity index is 177. The first-order valence-electron chi connectivity index (χ1n) is 3.14. The normalized spacial score (nSPS) is 18.3. The Balaban J connectivity index is 2.83. The van der Waals surface area contributed by atoms with E-state index < -0.39 is 0 Å². The molecule has 0 radical (unpaired) electrons. The van der Waals surface area contributed by atoms with Crippen LogP contribution in [0.2, 0.25) is 0 Å². The van der Waals surface area contributed by atoms with Crippen molar-refractivity contribution in [2.45, 2.75) is 13.8 Å². The van der Waals surface area contributed by atoms with Crippen LogP contribution in [-0.2, 0) is 0 Å². The molecule has 1 N–H and O–H groups in total. The van der Waals surface area contributed by atoms with E-state index in [4.69, 9.17) is 0 Å². The van der Waals surface area contributed by atoms with Gasteiger partial charge in [0, 0.05) is 7.05 Å². The van der Waals surface area contributed by atoms with Gasteiger partial charge in [-0.05, 0) is 19.4 Å². The molecule has 1 heterocycles. The lowest BCUT2D eigenvalue weighted by Crippen LogP contribution is -2.12. The molecule has 0 spiro atoms. The molecule has 0 aromatic rings. The van der Waals surface area contributed by atoms with Crippen molar-refractivity contribution in [2.75, 3.05) is 13.6 Å². The van der Waals surface area contributed by atoms with Crippen LogP contribution in [0.5, 0.6) is 0 Å². The molecular formula is C7H12N2. The molecule has 0 aromatic carbocycles. The van der Waals surface area contributed by atoms with Gasteiger partial charge >= 0.3 is 0 Å². The Morgan fingerprint density at radius 3 is 2.33 bits per heavy atom. The van der Waals surface area contributed by atoms with Gasteiger partial charge in [-0.15, -0.1) is 0 Å². The van der Waals surface area contributed by atoms with Crippen molar-refractivity contribution in [3.05, 3.63) is 11.3 Å². The maximum absolute atomic E-state index is 4.25. The maximum Gasteiger partial charge on any atom is 0.0624 e. The van der Waals surface area contributed by atoms with Crippen molar-refractivity contribution >= 4 is 5.71 Å². The molecular weight excluding hydrogens is 112 g/mol. The minimum atomic E-state index is 0.877. The first kappa shape index (κ1) is 6.33. The van der Waals surface area contributed by atoms with Crippen LogP contribution in [0.3, 0.4) is 0 Å². The van der Waals surface area contributed by atoms with Crippen molar-refractivity contribution in [3.8, 4) is 0 Å². The highest BCUT2D eigenvalue weighted by Crippen LogP contribution is 2.10. The standard InChI is InChI=1S/C7H12N2/c1-5-4-9-6(2)7(5)8-3/h8H,4H2,1-3H3. The van der Waals surface area contributed by atoms with E-state index >= 15 is 0 Å². The molecule has 9 heavy (non-hydrogen) atoms. The van der Waals surface area contributed by atoms with E-state index in [0.717, 1.165) is 12.3 Å². The average molecular weight is 124 g/mol. The summed E-state index contributed by atoms with van der Waals surface area (Å²) in [6.07, 6.45) is 0. The highest BCUT2D eigenvalue weighted by molar-refractivity contribution is 6.00. The Morgan fingerprint density at radius 1 is 1.44 bits per heavy atom. The molecule has 0 atom stereocenters. The molecule has 0 amide bonds. The highest BCUT2D eigenvalue weighted by atomic mass is 14.9. The summed E-state index contributed by atoms with van der Waals surface area (Å²) in [7, 11) is 1.93. The minimum absolute atomic E-state index is 0.877. The quantitative estimate of drug-likeness (QED) is 0.553. The molecule has 2 nitrogen and oxygen atoms in total. The maximum atomic E-state index is 4.25. The predicted octanol–water partition coefficient (Wildman–Crippen LogP) is 0.954. The largest absolute Gasteiger partial charge is 0.387 e. The molecule has 0 fully saturated rings. The summed E-state index contributed by atoms with van der Waals surface area (Å²) in [5.41, 5.74) is 3.69. The first-order valence-corrected chi connectivity index (χ1v) is 3.14. The van der Waals surface area contributed by atoms with Gasteiger partial charge in [-0.3, -0.25) is 4.99 Å². The van der Waals surface area contributed by atoms with Crippen LogP contribution in [-0.4, -0.2) is 19.3 Å². The topological polar surface area (TPSA) is 24.4 Å². The van der Waals surface area contributed by atoms with Crippen molar-refractivity contribution in [2.24, 2.45) is 4.99 Å². The smallest absolute Gasteiger partial charge is 0.0624 e. The van der Waals surface area contributed by atoms with Crippen molar-refractivity contribution in [1.82, 2.24) is 5.32 Å². The number of rotatable bonds is 1. The first-order chi connectivity index (χ1) is 4.25. The van der Waals surface area contributed by atoms with Gasteiger partial charge in [0.05, 0.1) is 18.0 Å². The lowest BCUT2D eigenvalue weighted by molar-refractivity contribution is 1.02. The number of hydrogen-bond donors (Lipinski definition) is 1. The minimum Gasteiger partial charge on any atom is -0.387 e. The molecule has 0 aromatic heterocycles. The molecule has 1 aliphatic rings. The summed E-state index contributed by atoms with van der Waals surface area (Å²) < 4.78 is 0. The molecule has 2 heteroatoms. The van der Waals surface area contributed by atoms with Gasteiger partial charge in [0.1, 0.15) is 0 Å². The lowest BCUT2D eigenvalue weighted by Gasteiger charge is -2.00. The molecule has 0 unspecified atom stereocenters. The zero-order valence-electron chi connectivity index (χ0n) is 6.15. The monoisotopic (exact) mass is 124 g/mol. The van der Waals surface area contributed by atoms with Crippen molar-refractivity contribution < 1.29 is 0 Å². The summed E-state index contributed by atoms with van der Waals surface area (Å²) in [5, 5.41) is 3.11. The number of nitrogens with one attached hydrogen (secondary N) is 1. The van der Waals surface area contributed by atoms with Crippen molar-refractivity contribution in [3.63, 3.8) is 0 Å². The van der Waals surface area contributed by atoms with Gasteiger partial charge < -0.3 is 5.32 Å². The van der Waals surface area contributed by atoms with Crippen LogP contribution in [0.4, 0.5) is 0 Å². The van der Waals surface area contributed by atoms with Crippen LogP contribution in [0.1, 0.15) is 13.8 Å². The van der Waals surface area contributed by atoms with Gasteiger partial charge in [0.15, 0.2) is 0 Å². The third-order valence-electron chi connectivity index (χ3n) is 1.59. The van der Waals surface area contributed by atoms with E-state index in [-0.39, 0.29) is 0 Å². The van der Waals surface area contributed by atoms with E-state index in [1.807, 2.05) is 14.0 Å².